The number of rotatable bonds is 3. The van der Waals surface area contributed by atoms with Gasteiger partial charge in [-0.1, -0.05) is 6.07 Å². The molecule has 2 atom stereocenters. The quantitative estimate of drug-likeness (QED) is 0.787. The van der Waals surface area contributed by atoms with Gasteiger partial charge in [-0.15, -0.1) is 0 Å². The van der Waals surface area contributed by atoms with Crippen LogP contribution in [0.3, 0.4) is 0 Å². The summed E-state index contributed by atoms with van der Waals surface area (Å²) in [7, 11) is 1.66. The predicted octanol–water partition coefficient (Wildman–Crippen LogP) is 1.43. The van der Waals surface area contributed by atoms with E-state index >= 15 is 0 Å². The summed E-state index contributed by atoms with van der Waals surface area (Å²) in [5.41, 5.74) is 0. The Morgan fingerprint density at radius 1 is 1.36 bits per heavy atom. The lowest BCUT2D eigenvalue weighted by molar-refractivity contribution is 0.0936. The van der Waals surface area contributed by atoms with Crippen LogP contribution in [0.1, 0.15) is 6.92 Å². The van der Waals surface area contributed by atoms with Gasteiger partial charge in [0.1, 0.15) is 17.6 Å². The average Bonchev–Trinajstić information content (AvgIpc) is 2.24. The molecule has 1 fully saturated rings. The highest BCUT2D eigenvalue weighted by Crippen LogP contribution is 2.21. The van der Waals surface area contributed by atoms with E-state index in [-0.39, 0.29) is 0 Å². The van der Waals surface area contributed by atoms with Crippen molar-refractivity contribution in [3.8, 4) is 11.5 Å². The third-order valence-corrected chi connectivity index (χ3v) is 2.53. The molecule has 2 rings (SSSR count). The lowest BCUT2D eigenvalue weighted by atomic mass is 10.1. The van der Waals surface area contributed by atoms with Crippen LogP contribution in [0.2, 0.25) is 0 Å². The van der Waals surface area contributed by atoms with Gasteiger partial charge >= 0.3 is 0 Å². The average molecular weight is 193 g/mol. The summed E-state index contributed by atoms with van der Waals surface area (Å²) < 4.78 is 10.9. The molecule has 0 spiro atoms. The SMILES string of the molecule is COc1cccc(OC2CNC2C)c1. The summed E-state index contributed by atoms with van der Waals surface area (Å²) >= 11 is 0. The van der Waals surface area contributed by atoms with Crippen molar-refractivity contribution in [1.82, 2.24) is 5.32 Å². The molecule has 0 radical (unpaired) electrons. The maximum absolute atomic E-state index is 5.76. The Balaban J connectivity index is 2.01. The van der Waals surface area contributed by atoms with Crippen molar-refractivity contribution in [3.63, 3.8) is 0 Å². The van der Waals surface area contributed by atoms with Crippen LogP contribution < -0.4 is 14.8 Å². The number of ether oxygens (including phenoxy) is 2. The molecule has 76 valence electrons. The van der Waals surface area contributed by atoms with Crippen LogP contribution in [0.4, 0.5) is 0 Å². The summed E-state index contributed by atoms with van der Waals surface area (Å²) in [6.07, 6.45) is 0.294. The molecule has 3 heteroatoms. The largest absolute Gasteiger partial charge is 0.497 e. The fourth-order valence-corrected chi connectivity index (χ4v) is 1.44. The van der Waals surface area contributed by atoms with Gasteiger partial charge in [0.25, 0.3) is 0 Å². The summed E-state index contributed by atoms with van der Waals surface area (Å²) in [6.45, 7) is 3.05. The van der Waals surface area contributed by atoms with E-state index in [2.05, 4.69) is 12.2 Å². The first-order valence-electron chi connectivity index (χ1n) is 4.83. The monoisotopic (exact) mass is 193 g/mol. The molecule has 1 saturated heterocycles. The van der Waals surface area contributed by atoms with Gasteiger partial charge in [-0.3, -0.25) is 0 Å². The minimum Gasteiger partial charge on any atom is -0.497 e. The van der Waals surface area contributed by atoms with Crippen LogP contribution in [-0.2, 0) is 0 Å². The Labute approximate surface area is 84.0 Å². The Bertz CT molecular complexity index is 314. The molecule has 1 aliphatic heterocycles. The zero-order chi connectivity index (χ0) is 9.97. The fraction of sp³-hybridized carbons (Fsp3) is 0.455. The highest BCUT2D eigenvalue weighted by molar-refractivity contribution is 5.33. The van der Waals surface area contributed by atoms with Gasteiger partial charge in [0, 0.05) is 18.7 Å². The van der Waals surface area contributed by atoms with Crippen molar-refractivity contribution >= 4 is 0 Å². The zero-order valence-corrected chi connectivity index (χ0v) is 8.49. The van der Waals surface area contributed by atoms with Crippen LogP contribution in [-0.4, -0.2) is 25.8 Å². The van der Waals surface area contributed by atoms with E-state index in [4.69, 9.17) is 9.47 Å². The number of hydrogen-bond donors (Lipinski definition) is 1. The minimum atomic E-state index is 0.294. The lowest BCUT2D eigenvalue weighted by Crippen LogP contribution is -2.58. The first-order chi connectivity index (χ1) is 6.79. The van der Waals surface area contributed by atoms with Crippen LogP contribution in [0.5, 0.6) is 11.5 Å². The smallest absolute Gasteiger partial charge is 0.126 e. The van der Waals surface area contributed by atoms with Crippen molar-refractivity contribution in [3.05, 3.63) is 24.3 Å². The van der Waals surface area contributed by atoms with E-state index in [0.717, 1.165) is 18.0 Å². The van der Waals surface area contributed by atoms with Gasteiger partial charge in [-0.05, 0) is 19.1 Å². The number of hydrogen-bond acceptors (Lipinski definition) is 3. The first kappa shape index (κ1) is 9.34. The maximum Gasteiger partial charge on any atom is 0.126 e. The molecule has 1 aromatic carbocycles. The van der Waals surface area contributed by atoms with E-state index in [1.807, 2.05) is 24.3 Å². The Hall–Kier alpha value is -1.22. The molecule has 1 aliphatic rings. The van der Waals surface area contributed by atoms with Gasteiger partial charge in [-0.2, -0.15) is 0 Å². The highest BCUT2D eigenvalue weighted by Gasteiger charge is 2.27. The number of methoxy groups -OCH3 is 1. The van der Waals surface area contributed by atoms with Crippen molar-refractivity contribution in [1.29, 1.82) is 0 Å². The van der Waals surface area contributed by atoms with E-state index in [1.54, 1.807) is 7.11 Å². The van der Waals surface area contributed by atoms with Crippen molar-refractivity contribution in [2.24, 2.45) is 0 Å². The van der Waals surface area contributed by atoms with Crippen LogP contribution in [0, 0.1) is 0 Å². The van der Waals surface area contributed by atoms with Crippen molar-refractivity contribution in [2.75, 3.05) is 13.7 Å². The van der Waals surface area contributed by atoms with E-state index in [1.165, 1.54) is 0 Å². The third-order valence-electron chi connectivity index (χ3n) is 2.53. The summed E-state index contributed by atoms with van der Waals surface area (Å²) in [5.74, 6) is 1.71. The second kappa shape index (κ2) is 3.88. The highest BCUT2D eigenvalue weighted by atomic mass is 16.5. The molecule has 1 heterocycles. The third kappa shape index (κ3) is 1.82. The van der Waals surface area contributed by atoms with Crippen molar-refractivity contribution < 1.29 is 9.47 Å². The zero-order valence-electron chi connectivity index (χ0n) is 8.49. The van der Waals surface area contributed by atoms with E-state index in [9.17, 15) is 0 Å². The second-order valence-electron chi connectivity index (χ2n) is 3.53. The van der Waals surface area contributed by atoms with E-state index < -0.39 is 0 Å². The summed E-state index contributed by atoms with van der Waals surface area (Å²) in [4.78, 5) is 0. The molecule has 0 aromatic heterocycles. The lowest BCUT2D eigenvalue weighted by Gasteiger charge is -2.35. The number of benzene rings is 1. The molecule has 0 aliphatic carbocycles. The van der Waals surface area contributed by atoms with Gasteiger partial charge in [0.2, 0.25) is 0 Å². The predicted molar refractivity (Wildman–Crippen MR) is 54.9 cm³/mol. The Kier molecular flexibility index (Phi) is 2.59. The molecule has 1 N–H and O–H groups in total. The molecule has 0 bridgehead atoms. The fourth-order valence-electron chi connectivity index (χ4n) is 1.44. The van der Waals surface area contributed by atoms with Gasteiger partial charge in [0.05, 0.1) is 7.11 Å². The van der Waals surface area contributed by atoms with Crippen molar-refractivity contribution in [2.45, 2.75) is 19.1 Å². The van der Waals surface area contributed by atoms with Gasteiger partial charge in [0.15, 0.2) is 0 Å². The molecule has 3 nitrogen and oxygen atoms in total. The molecule has 0 amide bonds. The maximum atomic E-state index is 5.76. The van der Waals surface area contributed by atoms with Gasteiger partial charge in [-0.25, -0.2) is 0 Å². The van der Waals surface area contributed by atoms with Crippen LogP contribution >= 0.6 is 0 Å². The normalized spacial score (nSPS) is 25.3. The van der Waals surface area contributed by atoms with Gasteiger partial charge < -0.3 is 14.8 Å². The minimum absolute atomic E-state index is 0.294. The van der Waals surface area contributed by atoms with E-state index in [0.29, 0.717) is 12.1 Å². The standard InChI is InChI=1S/C11H15NO2/c1-8-11(7-12-8)14-10-5-3-4-9(6-10)13-2/h3-6,8,11-12H,7H2,1-2H3. The van der Waals surface area contributed by atoms with Crippen LogP contribution in [0.25, 0.3) is 0 Å². The molecule has 14 heavy (non-hydrogen) atoms. The second-order valence-corrected chi connectivity index (χ2v) is 3.53. The molecular formula is C11H15NO2. The molecule has 1 aromatic rings. The molecular weight excluding hydrogens is 178 g/mol. The summed E-state index contributed by atoms with van der Waals surface area (Å²) in [6, 6.07) is 8.15. The number of nitrogens with one attached hydrogen (secondary N) is 1. The first-order valence-corrected chi connectivity index (χ1v) is 4.83. The Morgan fingerprint density at radius 3 is 2.71 bits per heavy atom. The topological polar surface area (TPSA) is 30.5 Å². The Morgan fingerprint density at radius 2 is 2.14 bits per heavy atom. The summed E-state index contributed by atoms with van der Waals surface area (Å²) in [5, 5.41) is 3.25. The van der Waals surface area contributed by atoms with Crippen LogP contribution in [0.15, 0.2) is 24.3 Å². The molecule has 0 saturated carbocycles. The molecule has 2 unspecified atom stereocenters.